The van der Waals surface area contributed by atoms with E-state index in [1.165, 1.54) is 11.3 Å². The molecule has 0 saturated carbocycles. The number of carbonyl (C=O) groups is 2. The first-order valence-electron chi connectivity index (χ1n) is 9.46. The lowest BCUT2D eigenvalue weighted by molar-refractivity contribution is 0.0931. The molecule has 3 aromatic rings. The molecule has 0 fully saturated rings. The number of hydrogen-bond acceptors (Lipinski definition) is 5. The first-order chi connectivity index (χ1) is 13.8. The predicted octanol–water partition coefficient (Wildman–Crippen LogP) is 3.95. The molecule has 0 radical (unpaired) electrons. The number of thiazole rings is 1. The molecule has 0 aliphatic rings. The Balaban J connectivity index is 1.76. The maximum Gasteiger partial charge on any atom is 0.275 e. The minimum atomic E-state index is -0.273. The van der Waals surface area contributed by atoms with Crippen LogP contribution in [0.1, 0.15) is 57.9 Å². The van der Waals surface area contributed by atoms with Crippen molar-refractivity contribution in [1.29, 1.82) is 0 Å². The zero-order chi connectivity index (χ0) is 21.0. The van der Waals surface area contributed by atoms with Crippen LogP contribution in [0.4, 0.5) is 5.69 Å². The van der Waals surface area contributed by atoms with Gasteiger partial charge in [-0.3, -0.25) is 14.3 Å². The molecule has 1 aromatic carbocycles. The second-order valence-corrected chi connectivity index (χ2v) is 8.20. The second kappa shape index (κ2) is 9.00. The number of nitrogens with one attached hydrogen (secondary N) is 2. The summed E-state index contributed by atoms with van der Waals surface area (Å²) in [4.78, 5) is 29.8. The molecule has 3 rings (SSSR count). The Morgan fingerprint density at radius 1 is 1.17 bits per heavy atom. The molecule has 7 nitrogen and oxygen atoms in total. The first kappa shape index (κ1) is 20.7. The summed E-state index contributed by atoms with van der Waals surface area (Å²) in [5.41, 5.74) is 2.40. The minimum absolute atomic E-state index is 0.188. The number of aryl methyl sites for hydroxylation is 1. The predicted molar refractivity (Wildman–Crippen MR) is 114 cm³/mol. The molecular formula is C21H25N5O2S. The Morgan fingerprint density at radius 2 is 1.90 bits per heavy atom. The molecule has 0 unspecified atom stereocenters. The van der Waals surface area contributed by atoms with Crippen molar-refractivity contribution in [3.05, 3.63) is 63.9 Å². The molecule has 0 saturated heterocycles. The van der Waals surface area contributed by atoms with Gasteiger partial charge in [0.05, 0.1) is 17.8 Å². The van der Waals surface area contributed by atoms with E-state index in [4.69, 9.17) is 0 Å². The Morgan fingerprint density at radius 3 is 2.52 bits per heavy atom. The maximum atomic E-state index is 12.8. The Labute approximate surface area is 174 Å². The van der Waals surface area contributed by atoms with E-state index < -0.39 is 0 Å². The van der Waals surface area contributed by atoms with Gasteiger partial charge >= 0.3 is 0 Å². The summed E-state index contributed by atoms with van der Waals surface area (Å²) in [6, 6.07) is 8.98. The summed E-state index contributed by atoms with van der Waals surface area (Å²) < 4.78 is 1.67. The normalized spacial score (nSPS) is 12.0. The van der Waals surface area contributed by atoms with Crippen LogP contribution in [-0.2, 0) is 7.05 Å². The van der Waals surface area contributed by atoms with Crippen LogP contribution in [0.3, 0.4) is 0 Å². The summed E-state index contributed by atoms with van der Waals surface area (Å²) >= 11 is 1.38. The smallest absolute Gasteiger partial charge is 0.275 e. The Bertz CT molecular complexity index is 994. The summed E-state index contributed by atoms with van der Waals surface area (Å²) in [6.07, 6.45) is 2.29. The molecule has 0 aliphatic carbocycles. The van der Waals surface area contributed by atoms with Gasteiger partial charge in [0, 0.05) is 23.8 Å². The highest BCUT2D eigenvalue weighted by Gasteiger charge is 2.23. The van der Waals surface area contributed by atoms with Crippen molar-refractivity contribution in [2.75, 3.05) is 5.32 Å². The fourth-order valence-electron chi connectivity index (χ4n) is 2.92. The zero-order valence-electron chi connectivity index (χ0n) is 17.0. The molecular weight excluding hydrogens is 386 g/mol. The fraction of sp³-hybridized carbons (Fsp3) is 0.333. The third kappa shape index (κ3) is 5.08. The number of hydrogen-bond donors (Lipinski definition) is 2. The number of rotatable bonds is 7. The van der Waals surface area contributed by atoms with Crippen molar-refractivity contribution in [1.82, 2.24) is 20.1 Å². The van der Waals surface area contributed by atoms with Gasteiger partial charge in [0.1, 0.15) is 10.7 Å². The lowest BCUT2D eigenvalue weighted by atomic mass is 10.0. The number of nitrogens with zero attached hydrogens (tertiary/aromatic N) is 3. The molecule has 0 spiro atoms. The SMILES string of the molecule is Cc1c(C(=O)N[C@@H](CC(C)C)c2nc(C(=O)Nc3ccccc3)cs2)cnn1C. The molecule has 29 heavy (non-hydrogen) atoms. The fourth-order valence-corrected chi connectivity index (χ4v) is 3.78. The summed E-state index contributed by atoms with van der Waals surface area (Å²) in [6.45, 7) is 6.03. The molecule has 1 atom stereocenters. The van der Waals surface area contributed by atoms with E-state index in [1.807, 2.05) is 37.3 Å². The highest BCUT2D eigenvalue weighted by Crippen LogP contribution is 2.26. The lowest BCUT2D eigenvalue weighted by Gasteiger charge is -2.18. The van der Waals surface area contributed by atoms with E-state index in [-0.39, 0.29) is 17.9 Å². The molecule has 152 valence electrons. The van der Waals surface area contributed by atoms with Crippen LogP contribution in [0.2, 0.25) is 0 Å². The average molecular weight is 412 g/mol. The number of para-hydroxylation sites is 1. The third-order valence-corrected chi connectivity index (χ3v) is 5.54. The molecule has 0 aliphatic heterocycles. The highest BCUT2D eigenvalue weighted by atomic mass is 32.1. The van der Waals surface area contributed by atoms with E-state index in [2.05, 4.69) is 34.6 Å². The van der Waals surface area contributed by atoms with Gasteiger partial charge in [0.2, 0.25) is 0 Å². The molecule has 2 amide bonds. The van der Waals surface area contributed by atoms with Gasteiger partial charge in [0.25, 0.3) is 11.8 Å². The maximum absolute atomic E-state index is 12.8. The summed E-state index contributed by atoms with van der Waals surface area (Å²) in [7, 11) is 1.80. The zero-order valence-corrected chi connectivity index (χ0v) is 17.8. The van der Waals surface area contributed by atoms with Gasteiger partial charge in [-0.15, -0.1) is 11.3 Å². The summed E-state index contributed by atoms with van der Waals surface area (Å²) in [5.74, 6) is -0.107. The second-order valence-electron chi connectivity index (χ2n) is 7.31. The van der Waals surface area contributed by atoms with Crippen molar-refractivity contribution >= 4 is 28.8 Å². The third-order valence-electron chi connectivity index (χ3n) is 4.58. The van der Waals surface area contributed by atoms with Crippen molar-refractivity contribution < 1.29 is 9.59 Å². The standard InChI is InChI=1S/C21H25N5O2S/c1-13(2)10-17(24-19(27)16-11-22-26(4)14(16)3)21-25-18(12-29-21)20(28)23-15-8-6-5-7-9-15/h5-9,11-13,17H,10H2,1-4H3,(H,23,28)(H,24,27)/t17-/m0/s1. The van der Waals surface area contributed by atoms with E-state index in [9.17, 15) is 9.59 Å². The van der Waals surface area contributed by atoms with Crippen molar-refractivity contribution in [3.63, 3.8) is 0 Å². The van der Waals surface area contributed by atoms with Crippen LogP contribution in [0.25, 0.3) is 0 Å². The average Bonchev–Trinajstić information content (AvgIpc) is 3.30. The monoisotopic (exact) mass is 411 g/mol. The minimum Gasteiger partial charge on any atom is -0.343 e. The lowest BCUT2D eigenvalue weighted by Crippen LogP contribution is -2.30. The van der Waals surface area contributed by atoms with E-state index >= 15 is 0 Å². The van der Waals surface area contributed by atoms with Gasteiger partial charge in [-0.25, -0.2) is 4.98 Å². The van der Waals surface area contributed by atoms with Crippen molar-refractivity contribution in [3.8, 4) is 0 Å². The number of carbonyl (C=O) groups excluding carboxylic acids is 2. The number of aromatic nitrogens is 3. The molecule has 2 aromatic heterocycles. The van der Waals surface area contributed by atoms with Gasteiger partial charge in [0.15, 0.2) is 0 Å². The van der Waals surface area contributed by atoms with Crippen LogP contribution in [0.15, 0.2) is 41.9 Å². The molecule has 2 heterocycles. The van der Waals surface area contributed by atoms with E-state index in [0.29, 0.717) is 27.9 Å². The van der Waals surface area contributed by atoms with E-state index in [1.54, 1.807) is 23.3 Å². The Hall–Kier alpha value is -3.00. The van der Waals surface area contributed by atoms with Crippen molar-refractivity contribution in [2.24, 2.45) is 13.0 Å². The first-order valence-corrected chi connectivity index (χ1v) is 10.3. The molecule has 0 bridgehead atoms. The molecule has 8 heteroatoms. The van der Waals surface area contributed by atoms with Crippen LogP contribution < -0.4 is 10.6 Å². The van der Waals surface area contributed by atoms with Gasteiger partial charge < -0.3 is 10.6 Å². The Kier molecular flexibility index (Phi) is 6.43. The van der Waals surface area contributed by atoms with Crippen LogP contribution in [0, 0.1) is 12.8 Å². The van der Waals surface area contributed by atoms with E-state index in [0.717, 1.165) is 12.1 Å². The van der Waals surface area contributed by atoms with Crippen LogP contribution in [-0.4, -0.2) is 26.6 Å². The van der Waals surface area contributed by atoms with Crippen LogP contribution >= 0.6 is 11.3 Å². The highest BCUT2D eigenvalue weighted by molar-refractivity contribution is 7.10. The number of benzene rings is 1. The topological polar surface area (TPSA) is 88.9 Å². The molecule has 2 N–H and O–H groups in total. The summed E-state index contributed by atoms with van der Waals surface area (Å²) in [5, 5.41) is 12.5. The van der Waals surface area contributed by atoms with Gasteiger partial charge in [-0.1, -0.05) is 32.0 Å². The van der Waals surface area contributed by atoms with Gasteiger partial charge in [-0.2, -0.15) is 5.10 Å². The van der Waals surface area contributed by atoms with Crippen LogP contribution in [0.5, 0.6) is 0 Å². The van der Waals surface area contributed by atoms with Crippen molar-refractivity contribution in [2.45, 2.75) is 33.2 Å². The van der Waals surface area contributed by atoms with Gasteiger partial charge in [-0.05, 0) is 31.4 Å². The number of anilines is 1. The number of amides is 2. The largest absolute Gasteiger partial charge is 0.343 e. The quantitative estimate of drug-likeness (QED) is 0.616.